The van der Waals surface area contributed by atoms with E-state index < -0.39 is 18.5 Å². The van der Waals surface area contributed by atoms with Crippen molar-refractivity contribution in [1.82, 2.24) is 5.32 Å². The molecule has 0 spiro atoms. The van der Waals surface area contributed by atoms with Gasteiger partial charge in [0.1, 0.15) is 5.75 Å². The minimum Gasteiger partial charge on any atom is -0.482 e. The van der Waals surface area contributed by atoms with Crippen LogP contribution in [0.15, 0.2) is 42.5 Å². The van der Waals surface area contributed by atoms with Crippen LogP contribution in [0.3, 0.4) is 0 Å². The standard InChI is InChI=1S/C24H28N2O5/c1-15(2)18-11-8-16(3)12-21(18)30-14-23(28)31-13-22(27)26-20-7-5-4-6-19(20)24(29)25-17-9-10-17/h4-8,11-12,15,17H,9-10,13-14H2,1-3H3,(H,25,29)(H,26,27). The van der Waals surface area contributed by atoms with Crippen LogP contribution in [-0.2, 0) is 14.3 Å². The third-order valence-corrected chi connectivity index (χ3v) is 4.86. The smallest absolute Gasteiger partial charge is 0.344 e. The molecule has 1 saturated carbocycles. The van der Waals surface area contributed by atoms with Crippen LogP contribution in [0.4, 0.5) is 5.69 Å². The number of hydrogen-bond donors (Lipinski definition) is 2. The van der Waals surface area contributed by atoms with Crippen molar-refractivity contribution in [3.05, 3.63) is 59.2 Å². The Bertz CT molecular complexity index is 966. The summed E-state index contributed by atoms with van der Waals surface area (Å²) in [4.78, 5) is 36.6. The molecule has 2 N–H and O–H groups in total. The summed E-state index contributed by atoms with van der Waals surface area (Å²) >= 11 is 0. The predicted molar refractivity (Wildman–Crippen MR) is 117 cm³/mol. The van der Waals surface area contributed by atoms with E-state index in [1.54, 1.807) is 24.3 Å². The fourth-order valence-corrected chi connectivity index (χ4v) is 3.04. The first kappa shape index (κ1) is 22.3. The van der Waals surface area contributed by atoms with Crippen LogP contribution >= 0.6 is 0 Å². The number of amides is 2. The third-order valence-electron chi connectivity index (χ3n) is 4.86. The Morgan fingerprint density at radius 3 is 2.52 bits per heavy atom. The summed E-state index contributed by atoms with van der Waals surface area (Å²) < 4.78 is 10.7. The van der Waals surface area contributed by atoms with Gasteiger partial charge >= 0.3 is 5.97 Å². The molecule has 0 atom stereocenters. The van der Waals surface area contributed by atoms with E-state index in [0.29, 0.717) is 17.0 Å². The molecule has 0 saturated heterocycles. The van der Waals surface area contributed by atoms with Gasteiger partial charge in [-0.1, -0.05) is 38.1 Å². The fraction of sp³-hybridized carbons (Fsp3) is 0.375. The fourth-order valence-electron chi connectivity index (χ4n) is 3.04. The molecule has 7 nitrogen and oxygen atoms in total. The summed E-state index contributed by atoms with van der Waals surface area (Å²) in [6.45, 7) is 5.27. The number of nitrogens with one attached hydrogen (secondary N) is 2. The Kier molecular flexibility index (Phi) is 7.28. The lowest BCUT2D eigenvalue weighted by Crippen LogP contribution is -2.28. The van der Waals surface area contributed by atoms with E-state index in [0.717, 1.165) is 24.0 Å². The zero-order chi connectivity index (χ0) is 22.4. The number of carbonyl (C=O) groups is 3. The van der Waals surface area contributed by atoms with E-state index in [4.69, 9.17) is 9.47 Å². The molecule has 2 aromatic carbocycles. The van der Waals surface area contributed by atoms with Gasteiger partial charge in [-0.2, -0.15) is 0 Å². The molecule has 1 fully saturated rings. The second kappa shape index (κ2) is 10.1. The van der Waals surface area contributed by atoms with Gasteiger partial charge in [0, 0.05) is 6.04 Å². The van der Waals surface area contributed by atoms with Gasteiger partial charge < -0.3 is 20.1 Å². The predicted octanol–water partition coefficient (Wildman–Crippen LogP) is 3.57. The van der Waals surface area contributed by atoms with Crippen LogP contribution < -0.4 is 15.4 Å². The molecule has 31 heavy (non-hydrogen) atoms. The summed E-state index contributed by atoms with van der Waals surface area (Å²) in [5, 5.41) is 5.52. The van der Waals surface area contributed by atoms with Gasteiger partial charge in [-0.15, -0.1) is 0 Å². The van der Waals surface area contributed by atoms with Crippen molar-refractivity contribution in [2.24, 2.45) is 0 Å². The van der Waals surface area contributed by atoms with Gasteiger partial charge in [0.25, 0.3) is 11.8 Å². The monoisotopic (exact) mass is 424 g/mol. The maximum absolute atomic E-state index is 12.3. The Hall–Kier alpha value is -3.35. The van der Waals surface area contributed by atoms with Crippen molar-refractivity contribution in [2.75, 3.05) is 18.5 Å². The van der Waals surface area contributed by atoms with Crippen molar-refractivity contribution in [1.29, 1.82) is 0 Å². The average Bonchev–Trinajstić information content (AvgIpc) is 3.55. The van der Waals surface area contributed by atoms with E-state index >= 15 is 0 Å². The van der Waals surface area contributed by atoms with Gasteiger partial charge in [-0.3, -0.25) is 9.59 Å². The lowest BCUT2D eigenvalue weighted by molar-refractivity contribution is -0.149. The van der Waals surface area contributed by atoms with E-state index in [2.05, 4.69) is 10.6 Å². The molecule has 2 aromatic rings. The molecule has 0 aliphatic heterocycles. The zero-order valence-corrected chi connectivity index (χ0v) is 18.1. The van der Waals surface area contributed by atoms with Crippen molar-refractivity contribution in [3.8, 4) is 5.75 Å². The highest BCUT2D eigenvalue weighted by molar-refractivity contribution is 6.04. The number of carbonyl (C=O) groups excluding carboxylic acids is 3. The van der Waals surface area contributed by atoms with Crippen LogP contribution in [0.2, 0.25) is 0 Å². The summed E-state index contributed by atoms with van der Waals surface area (Å²) in [6, 6.07) is 12.8. The van der Waals surface area contributed by atoms with Gasteiger partial charge in [0.15, 0.2) is 13.2 Å². The highest BCUT2D eigenvalue weighted by Gasteiger charge is 2.25. The van der Waals surface area contributed by atoms with Crippen molar-refractivity contribution < 1.29 is 23.9 Å². The van der Waals surface area contributed by atoms with E-state index in [1.807, 2.05) is 39.0 Å². The van der Waals surface area contributed by atoms with Crippen molar-refractivity contribution >= 4 is 23.5 Å². The number of para-hydroxylation sites is 1. The minimum absolute atomic E-state index is 0.210. The topological polar surface area (TPSA) is 93.7 Å². The van der Waals surface area contributed by atoms with E-state index in [-0.39, 0.29) is 24.5 Å². The SMILES string of the molecule is Cc1ccc(C(C)C)c(OCC(=O)OCC(=O)Nc2ccccc2C(=O)NC2CC2)c1. The van der Waals surface area contributed by atoms with Gasteiger partial charge in [0.05, 0.1) is 11.3 Å². The van der Waals surface area contributed by atoms with Gasteiger partial charge in [0.2, 0.25) is 0 Å². The molecular weight excluding hydrogens is 396 g/mol. The van der Waals surface area contributed by atoms with Gasteiger partial charge in [-0.25, -0.2) is 4.79 Å². The van der Waals surface area contributed by atoms with Crippen LogP contribution in [0.1, 0.15) is 54.1 Å². The molecule has 7 heteroatoms. The number of benzene rings is 2. The first-order valence-electron chi connectivity index (χ1n) is 10.4. The van der Waals surface area contributed by atoms with Crippen LogP contribution in [-0.4, -0.2) is 37.0 Å². The lowest BCUT2D eigenvalue weighted by Gasteiger charge is -2.14. The maximum atomic E-state index is 12.3. The first-order valence-corrected chi connectivity index (χ1v) is 10.4. The summed E-state index contributed by atoms with van der Waals surface area (Å²) in [5.41, 5.74) is 2.77. The second-order valence-electron chi connectivity index (χ2n) is 7.99. The van der Waals surface area contributed by atoms with Crippen molar-refractivity contribution in [3.63, 3.8) is 0 Å². The Morgan fingerprint density at radius 1 is 1.06 bits per heavy atom. The summed E-state index contributed by atoms with van der Waals surface area (Å²) in [6.07, 6.45) is 1.94. The van der Waals surface area contributed by atoms with Crippen molar-refractivity contribution in [2.45, 2.75) is 45.6 Å². The second-order valence-corrected chi connectivity index (χ2v) is 7.99. The number of anilines is 1. The van der Waals surface area contributed by atoms with Gasteiger partial charge in [-0.05, 0) is 55.0 Å². The zero-order valence-electron chi connectivity index (χ0n) is 18.1. The Labute approximate surface area is 182 Å². The summed E-state index contributed by atoms with van der Waals surface area (Å²) in [7, 11) is 0. The lowest BCUT2D eigenvalue weighted by atomic mass is 10.0. The molecule has 164 valence electrons. The largest absolute Gasteiger partial charge is 0.482 e. The molecule has 0 bridgehead atoms. The van der Waals surface area contributed by atoms with E-state index in [9.17, 15) is 14.4 Å². The molecule has 2 amide bonds. The third kappa shape index (κ3) is 6.57. The van der Waals surface area contributed by atoms with E-state index in [1.165, 1.54) is 0 Å². The number of rotatable bonds is 9. The molecule has 1 aliphatic carbocycles. The molecule has 1 aliphatic rings. The highest BCUT2D eigenvalue weighted by atomic mass is 16.6. The van der Waals surface area contributed by atoms with Crippen LogP contribution in [0.25, 0.3) is 0 Å². The molecular formula is C24H28N2O5. The Balaban J connectivity index is 1.50. The van der Waals surface area contributed by atoms with Crippen LogP contribution in [0, 0.1) is 6.92 Å². The molecule has 0 radical (unpaired) electrons. The number of hydrogen-bond acceptors (Lipinski definition) is 5. The molecule has 0 aromatic heterocycles. The summed E-state index contributed by atoms with van der Waals surface area (Å²) in [5.74, 6) is -0.533. The Morgan fingerprint density at radius 2 is 1.81 bits per heavy atom. The average molecular weight is 424 g/mol. The normalized spacial score (nSPS) is 12.9. The van der Waals surface area contributed by atoms with Crippen LogP contribution in [0.5, 0.6) is 5.75 Å². The minimum atomic E-state index is -0.647. The molecule has 0 unspecified atom stereocenters. The number of aryl methyl sites for hydroxylation is 1. The quantitative estimate of drug-likeness (QED) is 0.600. The maximum Gasteiger partial charge on any atom is 0.344 e. The number of ether oxygens (including phenoxy) is 2. The highest BCUT2D eigenvalue weighted by Crippen LogP contribution is 2.27. The number of esters is 1. The molecule has 0 heterocycles. The first-order chi connectivity index (χ1) is 14.8. The molecule has 3 rings (SSSR count).